The molecule has 1 aliphatic heterocycles. The van der Waals surface area contributed by atoms with Crippen LogP contribution in [0.1, 0.15) is 26.2 Å². The highest BCUT2D eigenvalue weighted by Gasteiger charge is 2.33. The summed E-state index contributed by atoms with van der Waals surface area (Å²) >= 11 is 3.11. The van der Waals surface area contributed by atoms with Crippen LogP contribution in [0.25, 0.3) is 0 Å². The van der Waals surface area contributed by atoms with E-state index in [2.05, 4.69) is 22.9 Å². The summed E-state index contributed by atoms with van der Waals surface area (Å²) in [5.41, 5.74) is 5.32. The van der Waals surface area contributed by atoms with Crippen molar-refractivity contribution in [3.05, 3.63) is 22.4 Å². The average molecular weight is 365 g/mol. The molecular formula is C13H18BrFN2O2S. The third kappa shape index (κ3) is 2.99. The number of nitrogens with zero attached hydrogens (tertiary/aromatic N) is 1. The third-order valence-corrected chi connectivity index (χ3v) is 6.44. The van der Waals surface area contributed by atoms with Crippen molar-refractivity contribution in [2.24, 2.45) is 5.92 Å². The molecule has 20 heavy (non-hydrogen) atoms. The van der Waals surface area contributed by atoms with Gasteiger partial charge in [0, 0.05) is 17.6 Å². The SMILES string of the molecule is CCCC1CCN(S(=O)(=O)c2cc(N)c(F)cc2Br)C1. The summed E-state index contributed by atoms with van der Waals surface area (Å²) in [4.78, 5) is 0.0357. The van der Waals surface area contributed by atoms with Crippen molar-refractivity contribution in [3.63, 3.8) is 0 Å². The molecule has 0 amide bonds. The Balaban J connectivity index is 2.30. The number of nitrogen functional groups attached to an aromatic ring is 1. The van der Waals surface area contributed by atoms with Gasteiger partial charge < -0.3 is 5.73 Å². The van der Waals surface area contributed by atoms with E-state index in [-0.39, 0.29) is 15.1 Å². The Bertz CT molecular complexity index is 607. The molecule has 0 aliphatic carbocycles. The molecule has 1 aliphatic rings. The van der Waals surface area contributed by atoms with Crippen LogP contribution in [0.4, 0.5) is 10.1 Å². The first-order valence-corrected chi connectivity index (χ1v) is 8.84. The first-order chi connectivity index (χ1) is 9.36. The molecule has 1 fully saturated rings. The molecule has 1 saturated heterocycles. The summed E-state index contributed by atoms with van der Waals surface area (Å²) < 4.78 is 40.2. The number of hydrogen-bond donors (Lipinski definition) is 1. The van der Waals surface area contributed by atoms with Crippen LogP contribution in [0.5, 0.6) is 0 Å². The van der Waals surface area contributed by atoms with Gasteiger partial charge in [0.25, 0.3) is 0 Å². The summed E-state index contributed by atoms with van der Waals surface area (Å²) in [6.07, 6.45) is 2.95. The van der Waals surface area contributed by atoms with Gasteiger partial charge in [-0.3, -0.25) is 0 Å². The summed E-state index contributed by atoms with van der Waals surface area (Å²) in [6.45, 7) is 3.13. The largest absolute Gasteiger partial charge is 0.396 e. The molecule has 0 radical (unpaired) electrons. The molecule has 4 nitrogen and oxygen atoms in total. The van der Waals surface area contributed by atoms with E-state index < -0.39 is 15.8 Å². The lowest BCUT2D eigenvalue weighted by molar-refractivity contribution is 0.444. The van der Waals surface area contributed by atoms with E-state index in [0.29, 0.717) is 19.0 Å². The number of hydrogen-bond acceptors (Lipinski definition) is 3. The summed E-state index contributed by atoms with van der Waals surface area (Å²) in [5.74, 6) is -0.215. The Kier molecular flexibility index (Phi) is 4.71. The van der Waals surface area contributed by atoms with Crippen molar-refractivity contribution in [3.8, 4) is 0 Å². The van der Waals surface area contributed by atoms with Gasteiger partial charge in [-0.05, 0) is 46.8 Å². The van der Waals surface area contributed by atoms with Gasteiger partial charge in [-0.25, -0.2) is 12.8 Å². The van der Waals surface area contributed by atoms with Crippen LogP contribution in [0.3, 0.4) is 0 Å². The van der Waals surface area contributed by atoms with Gasteiger partial charge in [-0.15, -0.1) is 0 Å². The van der Waals surface area contributed by atoms with E-state index in [4.69, 9.17) is 5.73 Å². The van der Waals surface area contributed by atoms with Crippen LogP contribution in [0.15, 0.2) is 21.5 Å². The molecular weight excluding hydrogens is 347 g/mol. The second kappa shape index (κ2) is 5.99. The van der Waals surface area contributed by atoms with Crippen molar-refractivity contribution in [1.29, 1.82) is 0 Å². The Hall–Kier alpha value is -0.660. The molecule has 1 heterocycles. The zero-order valence-electron chi connectivity index (χ0n) is 11.3. The summed E-state index contributed by atoms with van der Waals surface area (Å²) in [7, 11) is -3.62. The molecule has 112 valence electrons. The van der Waals surface area contributed by atoms with Crippen molar-refractivity contribution < 1.29 is 12.8 Å². The zero-order valence-corrected chi connectivity index (χ0v) is 13.7. The molecule has 1 unspecified atom stereocenters. The second-order valence-electron chi connectivity index (χ2n) is 5.11. The van der Waals surface area contributed by atoms with Crippen molar-refractivity contribution in [2.75, 3.05) is 18.8 Å². The average Bonchev–Trinajstić information content (AvgIpc) is 2.83. The van der Waals surface area contributed by atoms with Crippen LogP contribution in [0.2, 0.25) is 0 Å². The molecule has 0 saturated carbocycles. The maximum absolute atomic E-state index is 13.3. The van der Waals surface area contributed by atoms with Crippen LogP contribution in [-0.4, -0.2) is 25.8 Å². The fraction of sp³-hybridized carbons (Fsp3) is 0.538. The molecule has 0 spiro atoms. The van der Waals surface area contributed by atoms with Gasteiger partial charge in [0.15, 0.2) is 0 Å². The second-order valence-corrected chi connectivity index (χ2v) is 7.87. The van der Waals surface area contributed by atoms with E-state index in [1.807, 2.05) is 0 Å². The van der Waals surface area contributed by atoms with Crippen molar-refractivity contribution >= 4 is 31.6 Å². The van der Waals surface area contributed by atoms with E-state index in [0.717, 1.165) is 25.3 Å². The molecule has 0 aromatic heterocycles. The lowest BCUT2D eigenvalue weighted by Crippen LogP contribution is -2.29. The number of sulfonamides is 1. The van der Waals surface area contributed by atoms with Crippen molar-refractivity contribution in [2.45, 2.75) is 31.1 Å². The molecule has 2 N–H and O–H groups in total. The first kappa shape index (κ1) is 15.7. The Morgan fingerprint density at radius 3 is 2.85 bits per heavy atom. The predicted molar refractivity (Wildman–Crippen MR) is 80.3 cm³/mol. The molecule has 7 heteroatoms. The minimum Gasteiger partial charge on any atom is -0.396 e. The van der Waals surface area contributed by atoms with Crippen molar-refractivity contribution in [1.82, 2.24) is 4.31 Å². The number of anilines is 1. The lowest BCUT2D eigenvalue weighted by atomic mass is 10.0. The van der Waals surface area contributed by atoms with E-state index in [1.165, 1.54) is 10.4 Å². The minimum atomic E-state index is -3.62. The fourth-order valence-corrected chi connectivity index (χ4v) is 5.08. The maximum atomic E-state index is 13.3. The number of benzene rings is 1. The highest BCUT2D eigenvalue weighted by atomic mass is 79.9. The normalized spacial score (nSPS) is 20.4. The van der Waals surface area contributed by atoms with Gasteiger partial charge in [0.1, 0.15) is 5.82 Å². The molecule has 1 aromatic carbocycles. The molecule has 1 atom stereocenters. The highest BCUT2D eigenvalue weighted by Crippen LogP contribution is 2.32. The first-order valence-electron chi connectivity index (χ1n) is 6.61. The smallest absolute Gasteiger partial charge is 0.244 e. The maximum Gasteiger partial charge on any atom is 0.244 e. The Labute approximate surface area is 127 Å². The van der Waals surface area contributed by atoms with E-state index >= 15 is 0 Å². The van der Waals surface area contributed by atoms with Crippen LogP contribution < -0.4 is 5.73 Å². The van der Waals surface area contributed by atoms with Gasteiger partial charge >= 0.3 is 0 Å². The minimum absolute atomic E-state index is 0.0357. The number of rotatable bonds is 4. The summed E-state index contributed by atoms with van der Waals surface area (Å²) in [6, 6.07) is 2.28. The van der Waals surface area contributed by atoms with Crippen LogP contribution in [0, 0.1) is 11.7 Å². The van der Waals surface area contributed by atoms with E-state index in [1.54, 1.807) is 0 Å². The van der Waals surface area contributed by atoms with E-state index in [9.17, 15) is 12.8 Å². The molecule has 2 rings (SSSR count). The quantitative estimate of drug-likeness (QED) is 0.835. The monoisotopic (exact) mass is 364 g/mol. The standard InChI is InChI=1S/C13H18BrFN2O2S/c1-2-3-9-4-5-17(8-9)20(18,19)13-7-12(16)11(15)6-10(13)14/h6-7,9H,2-5,8,16H2,1H3. The lowest BCUT2D eigenvalue weighted by Gasteiger charge is -2.18. The molecule has 0 bridgehead atoms. The van der Waals surface area contributed by atoms with Gasteiger partial charge in [0.05, 0.1) is 10.6 Å². The van der Waals surface area contributed by atoms with Gasteiger partial charge in [0.2, 0.25) is 10.0 Å². The van der Waals surface area contributed by atoms with Gasteiger partial charge in [-0.1, -0.05) is 13.3 Å². The van der Waals surface area contributed by atoms with Crippen LogP contribution >= 0.6 is 15.9 Å². The number of nitrogens with two attached hydrogens (primary N) is 1. The predicted octanol–water partition coefficient (Wildman–Crippen LogP) is 2.98. The Morgan fingerprint density at radius 1 is 1.50 bits per heavy atom. The van der Waals surface area contributed by atoms with Crippen LogP contribution in [-0.2, 0) is 10.0 Å². The number of halogens is 2. The molecule has 1 aromatic rings. The highest BCUT2D eigenvalue weighted by molar-refractivity contribution is 9.10. The summed E-state index contributed by atoms with van der Waals surface area (Å²) in [5, 5.41) is 0. The Morgan fingerprint density at radius 2 is 2.20 bits per heavy atom. The fourth-order valence-electron chi connectivity index (χ4n) is 2.54. The van der Waals surface area contributed by atoms with Gasteiger partial charge in [-0.2, -0.15) is 4.31 Å². The zero-order chi connectivity index (χ0) is 14.9. The topological polar surface area (TPSA) is 63.4 Å². The third-order valence-electron chi connectivity index (χ3n) is 3.61.